The Balaban J connectivity index is 2.61. The Morgan fingerprint density at radius 2 is 1.88 bits per heavy atom. The fraction of sp³-hybridized carbons (Fsp3) is 0. The molecule has 0 unspecified atom stereocenters. The first kappa shape index (κ1) is 12.0. The van der Waals surface area contributed by atoms with Gasteiger partial charge in [0.2, 0.25) is 0 Å². The number of carbonyl (C=O) groups is 1. The third-order valence-corrected chi connectivity index (χ3v) is 2.86. The lowest BCUT2D eigenvalue weighted by atomic mass is 10.1. The van der Waals surface area contributed by atoms with Gasteiger partial charge in [-0.1, -0.05) is 29.3 Å². The van der Waals surface area contributed by atoms with E-state index in [2.05, 4.69) is 4.98 Å². The average Bonchev–Trinajstić information content (AvgIpc) is 2.29. The molecule has 1 aromatic carbocycles. The van der Waals surface area contributed by atoms with Gasteiger partial charge in [-0.3, -0.25) is 4.79 Å². The number of pyridine rings is 1. The van der Waals surface area contributed by atoms with Crippen molar-refractivity contribution in [3.63, 3.8) is 0 Å². The number of hydrogen-bond donors (Lipinski definition) is 0. The van der Waals surface area contributed by atoms with Crippen molar-refractivity contribution in [2.75, 3.05) is 0 Å². The highest BCUT2D eigenvalue weighted by molar-refractivity contribution is 6.39. The minimum atomic E-state index is -0.700. The van der Waals surface area contributed by atoms with E-state index in [1.54, 1.807) is 18.2 Å². The number of aromatic nitrogens is 1. The molecule has 0 aliphatic carbocycles. The highest BCUT2D eigenvalue weighted by Gasteiger charge is 2.11. The summed E-state index contributed by atoms with van der Waals surface area (Å²) in [6.45, 7) is 0. The zero-order valence-electron chi connectivity index (χ0n) is 8.45. The predicted octanol–water partition coefficient (Wildman–Crippen LogP) is 4.01. The lowest BCUT2D eigenvalue weighted by molar-refractivity contribution is 0.111. The molecule has 5 heteroatoms. The number of nitrogens with zero attached hydrogens (tertiary/aromatic N) is 1. The molecule has 0 aliphatic rings. The summed E-state index contributed by atoms with van der Waals surface area (Å²) in [5.74, 6) is -0.700. The second-order valence-corrected chi connectivity index (χ2v) is 4.12. The summed E-state index contributed by atoms with van der Waals surface area (Å²) >= 11 is 12.0. The Kier molecular flexibility index (Phi) is 3.41. The van der Waals surface area contributed by atoms with E-state index >= 15 is 0 Å². The van der Waals surface area contributed by atoms with Crippen molar-refractivity contribution in [2.24, 2.45) is 0 Å². The summed E-state index contributed by atoms with van der Waals surface area (Å²) in [4.78, 5) is 14.1. The van der Waals surface area contributed by atoms with E-state index in [1.165, 1.54) is 12.3 Å². The van der Waals surface area contributed by atoms with Gasteiger partial charge >= 0.3 is 0 Å². The lowest BCUT2D eigenvalue weighted by Gasteiger charge is -2.07. The van der Waals surface area contributed by atoms with E-state index in [4.69, 9.17) is 23.2 Å². The lowest BCUT2D eigenvalue weighted by Crippen LogP contribution is -1.94. The molecule has 1 aromatic heterocycles. The molecule has 0 fully saturated rings. The Morgan fingerprint density at radius 1 is 1.24 bits per heavy atom. The first-order valence-corrected chi connectivity index (χ1v) is 5.44. The maximum Gasteiger partial charge on any atom is 0.171 e. The summed E-state index contributed by atoms with van der Waals surface area (Å²) in [6, 6.07) is 6.17. The summed E-state index contributed by atoms with van der Waals surface area (Å²) in [5.41, 5.74) is 0.695. The molecule has 86 valence electrons. The van der Waals surface area contributed by atoms with Crippen LogP contribution in [0.15, 0.2) is 30.5 Å². The van der Waals surface area contributed by atoms with Gasteiger partial charge in [-0.15, -0.1) is 0 Å². The summed E-state index contributed by atoms with van der Waals surface area (Å²) < 4.78 is 13.4. The van der Waals surface area contributed by atoms with Crippen molar-refractivity contribution in [1.82, 2.24) is 4.98 Å². The number of aldehydes is 1. The van der Waals surface area contributed by atoms with Crippen LogP contribution in [0.25, 0.3) is 11.1 Å². The predicted molar refractivity (Wildman–Crippen MR) is 65.0 cm³/mol. The first-order valence-electron chi connectivity index (χ1n) is 4.68. The molecule has 0 N–H and O–H groups in total. The second-order valence-electron chi connectivity index (χ2n) is 3.31. The first-order chi connectivity index (χ1) is 8.13. The van der Waals surface area contributed by atoms with Crippen molar-refractivity contribution in [2.45, 2.75) is 0 Å². The Morgan fingerprint density at radius 3 is 2.41 bits per heavy atom. The van der Waals surface area contributed by atoms with E-state index in [1.807, 2.05) is 0 Å². The minimum absolute atomic E-state index is 0.239. The van der Waals surface area contributed by atoms with Gasteiger partial charge in [-0.2, -0.15) is 0 Å². The Hall–Kier alpha value is -1.45. The van der Waals surface area contributed by atoms with Gasteiger partial charge in [0.05, 0.1) is 0 Å². The van der Waals surface area contributed by atoms with Crippen LogP contribution in [-0.4, -0.2) is 11.3 Å². The molecule has 2 aromatic rings. The number of hydrogen-bond acceptors (Lipinski definition) is 2. The molecule has 2 rings (SSSR count). The molecule has 0 aliphatic heterocycles. The van der Waals surface area contributed by atoms with Crippen LogP contribution in [0.2, 0.25) is 10.0 Å². The van der Waals surface area contributed by atoms with E-state index in [0.717, 1.165) is 0 Å². The molecule has 2 nitrogen and oxygen atoms in total. The van der Waals surface area contributed by atoms with Crippen LogP contribution in [0.3, 0.4) is 0 Å². The monoisotopic (exact) mass is 269 g/mol. The Bertz CT molecular complexity index is 566. The molecule has 17 heavy (non-hydrogen) atoms. The van der Waals surface area contributed by atoms with Crippen LogP contribution in [0.5, 0.6) is 0 Å². The van der Waals surface area contributed by atoms with Crippen LogP contribution < -0.4 is 0 Å². The van der Waals surface area contributed by atoms with E-state index in [-0.39, 0.29) is 5.69 Å². The third-order valence-electron chi connectivity index (χ3n) is 2.23. The van der Waals surface area contributed by atoms with Gasteiger partial charge < -0.3 is 0 Å². The van der Waals surface area contributed by atoms with E-state index in [0.29, 0.717) is 27.5 Å². The summed E-state index contributed by atoms with van der Waals surface area (Å²) in [6.07, 6.45) is 1.72. The quantitative estimate of drug-likeness (QED) is 0.772. The highest BCUT2D eigenvalue weighted by atomic mass is 35.5. The maximum atomic E-state index is 13.4. The second kappa shape index (κ2) is 4.82. The van der Waals surface area contributed by atoms with Gasteiger partial charge in [0.25, 0.3) is 0 Å². The van der Waals surface area contributed by atoms with E-state index in [9.17, 15) is 9.18 Å². The number of rotatable bonds is 2. The van der Waals surface area contributed by atoms with Crippen molar-refractivity contribution >= 4 is 29.5 Å². The zero-order valence-corrected chi connectivity index (χ0v) is 9.97. The molecular formula is C12H6Cl2FNO. The van der Waals surface area contributed by atoms with Crippen LogP contribution in [-0.2, 0) is 0 Å². The molecular weight excluding hydrogens is 264 g/mol. The van der Waals surface area contributed by atoms with Crippen LogP contribution in [0, 0.1) is 5.82 Å². The van der Waals surface area contributed by atoms with Crippen molar-refractivity contribution in [1.29, 1.82) is 0 Å². The van der Waals surface area contributed by atoms with Gasteiger partial charge in [-0.05, 0) is 18.2 Å². The fourth-order valence-corrected chi connectivity index (χ4v) is 2.06. The molecule has 0 spiro atoms. The van der Waals surface area contributed by atoms with Crippen LogP contribution in [0.1, 0.15) is 10.5 Å². The molecule has 0 amide bonds. The average molecular weight is 270 g/mol. The SMILES string of the molecule is O=Cc1ncc(-c2c(Cl)cccc2Cl)cc1F. The van der Waals surface area contributed by atoms with Crippen molar-refractivity contribution in [3.05, 3.63) is 52.0 Å². The molecule has 0 saturated carbocycles. The van der Waals surface area contributed by atoms with Crippen molar-refractivity contribution in [3.8, 4) is 11.1 Å². The smallest absolute Gasteiger partial charge is 0.171 e. The van der Waals surface area contributed by atoms with Gasteiger partial charge in [0.1, 0.15) is 5.69 Å². The highest BCUT2D eigenvalue weighted by Crippen LogP contribution is 2.34. The third kappa shape index (κ3) is 2.30. The zero-order chi connectivity index (χ0) is 12.4. The minimum Gasteiger partial charge on any atom is -0.296 e. The largest absolute Gasteiger partial charge is 0.296 e. The van der Waals surface area contributed by atoms with Gasteiger partial charge in [0, 0.05) is 27.4 Å². The molecule has 0 bridgehead atoms. The Labute approximate surface area is 107 Å². The molecule has 1 heterocycles. The standard InChI is InChI=1S/C12H6Cl2FNO/c13-8-2-1-3-9(14)12(8)7-4-10(15)11(6-17)16-5-7/h1-6H. The normalized spacial score (nSPS) is 10.3. The number of carbonyl (C=O) groups excluding carboxylic acids is 1. The summed E-state index contributed by atoms with van der Waals surface area (Å²) in [5, 5.41) is 0.801. The summed E-state index contributed by atoms with van der Waals surface area (Å²) in [7, 11) is 0. The number of halogens is 3. The van der Waals surface area contributed by atoms with Gasteiger partial charge in [-0.25, -0.2) is 9.37 Å². The maximum absolute atomic E-state index is 13.4. The van der Waals surface area contributed by atoms with Gasteiger partial charge in [0.15, 0.2) is 12.1 Å². The fourth-order valence-electron chi connectivity index (χ4n) is 1.45. The van der Waals surface area contributed by atoms with Crippen LogP contribution >= 0.6 is 23.2 Å². The van der Waals surface area contributed by atoms with Crippen molar-refractivity contribution < 1.29 is 9.18 Å². The van der Waals surface area contributed by atoms with Crippen LogP contribution in [0.4, 0.5) is 4.39 Å². The number of benzene rings is 1. The molecule has 0 atom stereocenters. The topological polar surface area (TPSA) is 30.0 Å². The molecule has 0 radical (unpaired) electrons. The molecule has 0 saturated heterocycles. The van der Waals surface area contributed by atoms with E-state index < -0.39 is 5.82 Å².